The van der Waals surface area contributed by atoms with Gasteiger partial charge in [0.25, 0.3) is 0 Å². The molecule has 0 aliphatic rings. The Morgan fingerprint density at radius 2 is 0.632 bits per heavy atom. The first-order chi connectivity index (χ1) is 31.8. The van der Waals surface area contributed by atoms with E-state index >= 15 is 0 Å². The van der Waals surface area contributed by atoms with E-state index in [1.165, 1.54) is 89.0 Å². The maximum absolute atomic E-state index is 5.23. The van der Waals surface area contributed by atoms with Gasteiger partial charge in [-0.25, -0.2) is 0 Å². The summed E-state index contributed by atoms with van der Waals surface area (Å²) in [5.74, 6) is 7.77. The SMILES string of the molecule is CC#Cc1ccc(-c2ccc(-c3cc[c-]cc3)c(C)c2)cc1.COc1ccc(-c2ccc(-c3cc[c-]cc3)c(C)c2)cc1.COc1ccc(-c2ccc(-c3cc[c-]cc3)c(C)c2C)cc1.[Y].[Y].[Y]. The third-order valence-electron chi connectivity index (χ3n) is 11.6. The molecular formula is C63H53O2Y3-3. The molecule has 0 unspecified atom stereocenters. The summed E-state index contributed by atoms with van der Waals surface area (Å²) in [5, 5.41) is 0. The van der Waals surface area contributed by atoms with E-state index in [0.29, 0.717) is 0 Å². The van der Waals surface area contributed by atoms with Crippen molar-refractivity contribution in [1.82, 2.24) is 0 Å². The largest absolute Gasteiger partial charge is 0.497 e. The van der Waals surface area contributed by atoms with Crippen LogP contribution in [0, 0.1) is 57.7 Å². The van der Waals surface area contributed by atoms with Crippen molar-refractivity contribution < 1.29 is 108 Å². The fourth-order valence-corrected chi connectivity index (χ4v) is 7.92. The average Bonchev–Trinajstić information content (AvgIpc) is 3.36. The molecule has 329 valence electrons. The van der Waals surface area contributed by atoms with Gasteiger partial charge in [0.2, 0.25) is 0 Å². The van der Waals surface area contributed by atoms with Crippen LogP contribution in [0.25, 0.3) is 66.8 Å². The van der Waals surface area contributed by atoms with Crippen molar-refractivity contribution in [2.75, 3.05) is 14.2 Å². The molecule has 0 saturated heterocycles. The monoisotopic (exact) mass is 1110 g/mol. The molecule has 0 N–H and O–H groups in total. The Morgan fingerprint density at radius 3 is 0.971 bits per heavy atom. The molecular weight excluding hydrogens is 1060 g/mol. The zero-order valence-corrected chi connectivity index (χ0v) is 48.5. The Hall–Kier alpha value is -4.55. The zero-order chi connectivity index (χ0) is 45.5. The Balaban J connectivity index is 0.000000218. The molecule has 0 spiro atoms. The van der Waals surface area contributed by atoms with Crippen LogP contribution in [-0.2, 0) is 98.1 Å². The second-order valence-electron chi connectivity index (χ2n) is 15.7. The molecule has 0 atom stereocenters. The van der Waals surface area contributed by atoms with Crippen LogP contribution >= 0.6 is 0 Å². The van der Waals surface area contributed by atoms with Crippen LogP contribution in [0.4, 0.5) is 0 Å². The van der Waals surface area contributed by atoms with Gasteiger partial charge >= 0.3 is 0 Å². The van der Waals surface area contributed by atoms with Gasteiger partial charge < -0.3 is 9.47 Å². The number of hydrogen-bond acceptors (Lipinski definition) is 2. The summed E-state index contributed by atoms with van der Waals surface area (Å²) in [6.45, 7) is 10.5. The molecule has 0 saturated carbocycles. The molecule has 9 aromatic carbocycles. The van der Waals surface area contributed by atoms with Crippen LogP contribution in [0.1, 0.15) is 34.7 Å². The maximum Gasteiger partial charge on any atom is 0.118 e. The molecule has 0 bridgehead atoms. The first-order valence-electron chi connectivity index (χ1n) is 21.8. The van der Waals surface area contributed by atoms with Gasteiger partial charge in [-0.3, -0.25) is 0 Å². The number of methoxy groups -OCH3 is 2. The van der Waals surface area contributed by atoms with Gasteiger partial charge in [-0.2, -0.15) is 91.0 Å². The molecule has 0 fully saturated rings. The second kappa shape index (κ2) is 28.2. The molecule has 0 aliphatic carbocycles. The van der Waals surface area contributed by atoms with Crippen LogP contribution in [0.15, 0.2) is 194 Å². The normalized spacial score (nSPS) is 9.81. The minimum absolute atomic E-state index is 0. The maximum atomic E-state index is 5.23. The van der Waals surface area contributed by atoms with Crippen LogP contribution in [0.5, 0.6) is 11.5 Å². The van der Waals surface area contributed by atoms with Crippen molar-refractivity contribution in [2.45, 2.75) is 34.6 Å². The Bertz CT molecular complexity index is 3010. The van der Waals surface area contributed by atoms with E-state index in [-0.39, 0.29) is 98.1 Å². The minimum Gasteiger partial charge on any atom is -0.497 e. The van der Waals surface area contributed by atoms with Crippen molar-refractivity contribution in [3.63, 3.8) is 0 Å². The molecule has 0 aliphatic heterocycles. The number of rotatable bonds is 8. The zero-order valence-electron chi connectivity index (χ0n) is 40.0. The van der Waals surface area contributed by atoms with Crippen molar-refractivity contribution >= 4 is 0 Å². The number of aryl methyl sites for hydroxylation is 2. The quantitative estimate of drug-likeness (QED) is 0.112. The Morgan fingerprint density at radius 1 is 0.338 bits per heavy atom. The average molecular weight is 1110 g/mol. The summed E-state index contributed by atoms with van der Waals surface area (Å²) in [6, 6.07) is 75.9. The van der Waals surface area contributed by atoms with Gasteiger partial charge in [0.05, 0.1) is 14.2 Å². The summed E-state index contributed by atoms with van der Waals surface area (Å²) >= 11 is 0. The van der Waals surface area contributed by atoms with E-state index in [9.17, 15) is 0 Å². The molecule has 0 amide bonds. The van der Waals surface area contributed by atoms with E-state index in [1.807, 2.05) is 67.6 Å². The smallest absolute Gasteiger partial charge is 0.118 e. The minimum atomic E-state index is 0. The molecule has 68 heavy (non-hydrogen) atoms. The van der Waals surface area contributed by atoms with Crippen LogP contribution in [0.2, 0.25) is 0 Å². The molecule has 3 radical (unpaired) electrons. The van der Waals surface area contributed by atoms with E-state index in [0.717, 1.165) is 17.1 Å². The second-order valence-corrected chi connectivity index (χ2v) is 15.7. The summed E-state index contributed by atoms with van der Waals surface area (Å²) in [4.78, 5) is 0. The predicted octanol–water partition coefficient (Wildman–Crippen LogP) is 16.1. The first-order valence-corrected chi connectivity index (χ1v) is 21.8. The first kappa shape index (κ1) is 56.0. The summed E-state index contributed by atoms with van der Waals surface area (Å²) in [5.41, 5.74) is 21.1. The van der Waals surface area contributed by atoms with Gasteiger partial charge in [0.15, 0.2) is 0 Å². The van der Waals surface area contributed by atoms with Gasteiger partial charge in [-0.15, -0.1) is 22.6 Å². The van der Waals surface area contributed by atoms with Crippen molar-refractivity contribution in [3.8, 4) is 90.1 Å². The van der Waals surface area contributed by atoms with Gasteiger partial charge in [-0.1, -0.05) is 90.8 Å². The Labute approximate surface area is 481 Å². The Kier molecular flexibility index (Phi) is 23.2. The van der Waals surface area contributed by atoms with E-state index in [2.05, 4.69) is 191 Å². The number of ether oxygens (including phenoxy) is 2. The van der Waals surface area contributed by atoms with E-state index in [4.69, 9.17) is 9.47 Å². The van der Waals surface area contributed by atoms with Gasteiger partial charge in [0, 0.05) is 104 Å². The molecule has 2 nitrogen and oxygen atoms in total. The van der Waals surface area contributed by atoms with E-state index < -0.39 is 0 Å². The molecule has 9 rings (SSSR count). The van der Waals surface area contributed by atoms with Gasteiger partial charge in [0.1, 0.15) is 11.5 Å². The van der Waals surface area contributed by atoms with Crippen LogP contribution < -0.4 is 9.47 Å². The predicted molar refractivity (Wildman–Crippen MR) is 273 cm³/mol. The van der Waals surface area contributed by atoms with Crippen molar-refractivity contribution in [2.24, 2.45) is 0 Å². The van der Waals surface area contributed by atoms with Crippen LogP contribution in [-0.4, -0.2) is 14.2 Å². The van der Waals surface area contributed by atoms with Crippen molar-refractivity contribution in [1.29, 1.82) is 0 Å². The number of hydrogen-bond donors (Lipinski definition) is 0. The molecule has 0 heterocycles. The fourth-order valence-electron chi connectivity index (χ4n) is 7.92. The fraction of sp³-hybridized carbons (Fsp3) is 0.111. The molecule has 0 aromatic heterocycles. The van der Waals surface area contributed by atoms with Gasteiger partial charge in [-0.05, 0) is 143 Å². The van der Waals surface area contributed by atoms with Crippen LogP contribution in [0.3, 0.4) is 0 Å². The summed E-state index contributed by atoms with van der Waals surface area (Å²) < 4.78 is 10.4. The third-order valence-corrected chi connectivity index (χ3v) is 11.6. The summed E-state index contributed by atoms with van der Waals surface area (Å²) in [7, 11) is 3.38. The molecule has 9 aromatic rings. The summed E-state index contributed by atoms with van der Waals surface area (Å²) in [6.07, 6.45) is 0. The topological polar surface area (TPSA) is 18.5 Å². The van der Waals surface area contributed by atoms with E-state index in [1.54, 1.807) is 14.2 Å². The standard InChI is InChI=1S/C22H17.C21H19O.C20H17O.3Y/c1-3-7-18-10-12-19(13-11-18)21-14-15-22(17(2)16-21)20-8-5-4-6-9-20;1-15-16(2)21(18-9-11-19(22-3)12-10-18)14-13-20(15)17-7-5-4-6-8-17;1-15-14-18(16-8-11-19(21-2)12-9-16)10-13-20(15)17-6-4-3-5-7-17;;;/h5-6,8-16H,1-2H3;5-14H,1-3H3;4-14H,1-2H3;;;/q3*-1;;;. The third kappa shape index (κ3) is 14.7. The van der Waals surface area contributed by atoms with Crippen molar-refractivity contribution in [3.05, 3.63) is 240 Å². The number of benzene rings is 9. The molecule has 5 heteroatoms.